The van der Waals surface area contributed by atoms with E-state index >= 15 is 0 Å². The molecule has 0 aromatic carbocycles. The van der Waals surface area contributed by atoms with Crippen molar-refractivity contribution in [3.8, 4) is 0 Å². The zero-order chi connectivity index (χ0) is 12.8. The average molecular weight is 275 g/mol. The molecule has 4 nitrogen and oxygen atoms in total. The molecule has 1 unspecified atom stereocenters. The normalized spacial score (nSPS) is 22.7. The lowest BCUT2D eigenvalue weighted by atomic mass is 10.2. The minimum absolute atomic E-state index is 0.0124. The van der Waals surface area contributed by atoms with Gasteiger partial charge in [-0.2, -0.15) is 0 Å². The molecular formula is C11H17NO3S2. The SMILES string of the molecule is Cc1csc(CO)c1S(=O)(=O)NC1CC1(C)C. The average Bonchev–Trinajstić information content (AvgIpc) is 2.62. The number of nitrogens with one attached hydrogen (secondary N) is 1. The number of hydrogen-bond acceptors (Lipinski definition) is 4. The molecule has 0 bridgehead atoms. The van der Waals surface area contributed by atoms with Gasteiger partial charge in [0.1, 0.15) is 4.90 Å². The fourth-order valence-electron chi connectivity index (χ4n) is 1.87. The van der Waals surface area contributed by atoms with Crippen molar-refractivity contribution in [3.63, 3.8) is 0 Å². The van der Waals surface area contributed by atoms with Gasteiger partial charge in [0.25, 0.3) is 0 Å². The Morgan fingerprint density at radius 1 is 1.59 bits per heavy atom. The van der Waals surface area contributed by atoms with E-state index in [1.165, 1.54) is 11.3 Å². The van der Waals surface area contributed by atoms with Crippen molar-refractivity contribution < 1.29 is 13.5 Å². The molecule has 1 aliphatic carbocycles. The molecule has 2 N–H and O–H groups in total. The van der Waals surface area contributed by atoms with Crippen molar-refractivity contribution in [2.45, 2.75) is 44.7 Å². The van der Waals surface area contributed by atoms with Crippen molar-refractivity contribution in [2.75, 3.05) is 0 Å². The number of aliphatic hydroxyl groups is 1. The summed E-state index contributed by atoms with van der Waals surface area (Å²) in [5, 5.41) is 10.9. The first-order valence-electron chi connectivity index (χ1n) is 5.48. The van der Waals surface area contributed by atoms with Gasteiger partial charge in [0.05, 0.1) is 11.5 Å². The highest BCUT2D eigenvalue weighted by Crippen LogP contribution is 2.45. The zero-order valence-corrected chi connectivity index (χ0v) is 11.8. The Labute approximate surface area is 106 Å². The van der Waals surface area contributed by atoms with Gasteiger partial charge in [0, 0.05) is 6.04 Å². The summed E-state index contributed by atoms with van der Waals surface area (Å²) in [5.74, 6) is 0. The van der Waals surface area contributed by atoms with Crippen molar-refractivity contribution in [1.29, 1.82) is 0 Å². The van der Waals surface area contributed by atoms with E-state index in [-0.39, 0.29) is 23.0 Å². The Bertz CT molecular complexity index is 531. The topological polar surface area (TPSA) is 66.4 Å². The quantitative estimate of drug-likeness (QED) is 0.877. The van der Waals surface area contributed by atoms with Gasteiger partial charge in [-0.3, -0.25) is 0 Å². The van der Waals surface area contributed by atoms with E-state index in [0.29, 0.717) is 10.4 Å². The van der Waals surface area contributed by atoms with E-state index in [9.17, 15) is 8.42 Å². The van der Waals surface area contributed by atoms with Crippen LogP contribution < -0.4 is 4.72 Å². The molecule has 1 aromatic rings. The molecule has 1 fully saturated rings. The van der Waals surface area contributed by atoms with Crippen molar-refractivity contribution >= 4 is 21.4 Å². The number of rotatable bonds is 4. The van der Waals surface area contributed by atoms with E-state index in [1.807, 2.05) is 13.8 Å². The third kappa shape index (κ3) is 2.40. The first-order valence-corrected chi connectivity index (χ1v) is 7.84. The predicted molar refractivity (Wildman–Crippen MR) is 67.5 cm³/mol. The lowest BCUT2D eigenvalue weighted by Gasteiger charge is -2.09. The number of thiophene rings is 1. The van der Waals surface area contributed by atoms with Crippen LogP contribution in [-0.2, 0) is 16.6 Å². The van der Waals surface area contributed by atoms with Gasteiger partial charge < -0.3 is 5.11 Å². The van der Waals surface area contributed by atoms with Gasteiger partial charge in [-0.25, -0.2) is 13.1 Å². The fraction of sp³-hybridized carbons (Fsp3) is 0.636. The highest BCUT2D eigenvalue weighted by Gasteiger charge is 2.48. The Morgan fingerprint density at radius 2 is 2.18 bits per heavy atom. The summed E-state index contributed by atoms with van der Waals surface area (Å²) >= 11 is 1.28. The number of aliphatic hydroxyl groups excluding tert-OH is 1. The second-order valence-corrected chi connectivity index (χ2v) is 7.81. The van der Waals surface area contributed by atoms with Gasteiger partial charge >= 0.3 is 0 Å². The summed E-state index contributed by atoms with van der Waals surface area (Å²) in [6.45, 7) is 5.59. The predicted octanol–water partition coefficient (Wildman–Crippen LogP) is 1.63. The Balaban J connectivity index is 2.29. The maximum Gasteiger partial charge on any atom is 0.242 e. The molecule has 1 saturated carbocycles. The number of hydrogen-bond donors (Lipinski definition) is 2. The summed E-state index contributed by atoms with van der Waals surface area (Å²) in [6.07, 6.45) is 0.865. The summed E-state index contributed by atoms with van der Waals surface area (Å²) < 4.78 is 27.1. The monoisotopic (exact) mass is 275 g/mol. The molecule has 0 radical (unpaired) electrons. The molecular weight excluding hydrogens is 258 g/mol. The van der Waals surface area contributed by atoms with Crippen LogP contribution in [0.3, 0.4) is 0 Å². The minimum Gasteiger partial charge on any atom is -0.391 e. The lowest BCUT2D eigenvalue weighted by molar-refractivity contribution is 0.282. The van der Waals surface area contributed by atoms with Gasteiger partial charge in [-0.15, -0.1) is 11.3 Å². The molecule has 0 spiro atoms. The Hall–Kier alpha value is -0.430. The molecule has 2 rings (SSSR count). The largest absolute Gasteiger partial charge is 0.391 e. The van der Waals surface area contributed by atoms with Crippen LogP contribution in [0.25, 0.3) is 0 Å². The molecule has 1 atom stereocenters. The lowest BCUT2D eigenvalue weighted by Crippen LogP contribution is -2.29. The molecule has 1 aliphatic rings. The van der Waals surface area contributed by atoms with Crippen LogP contribution >= 0.6 is 11.3 Å². The van der Waals surface area contributed by atoms with Gasteiger partial charge in [-0.1, -0.05) is 13.8 Å². The fourth-order valence-corrected chi connectivity index (χ4v) is 4.94. The molecule has 1 heterocycles. The highest BCUT2D eigenvalue weighted by atomic mass is 32.2. The summed E-state index contributed by atoms with van der Waals surface area (Å²) in [7, 11) is -3.50. The van der Waals surface area contributed by atoms with E-state index in [1.54, 1.807) is 12.3 Å². The molecule has 1 aromatic heterocycles. The Kier molecular flexibility index (Phi) is 3.10. The molecule has 17 heavy (non-hydrogen) atoms. The second-order valence-electron chi connectivity index (χ2n) is 5.20. The summed E-state index contributed by atoms with van der Waals surface area (Å²) in [6, 6.07) is 0.0124. The molecule has 6 heteroatoms. The molecule has 0 aliphatic heterocycles. The van der Waals surface area contributed by atoms with Crippen LogP contribution in [-0.4, -0.2) is 19.6 Å². The third-order valence-corrected chi connectivity index (χ3v) is 6.13. The van der Waals surface area contributed by atoms with E-state index in [2.05, 4.69) is 4.72 Å². The second kappa shape index (κ2) is 4.05. The van der Waals surface area contributed by atoms with E-state index in [0.717, 1.165) is 6.42 Å². The standard InChI is InChI=1S/C11H17NO3S2/c1-7-6-16-8(5-13)10(7)17(14,15)12-9-4-11(9,2)3/h6,9,12-13H,4-5H2,1-3H3. The van der Waals surface area contributed by atoms with E-state index in [4.69, 9.17) is 5.11 Å². The third-order valence-electron chi connectivity index (χ3n) is 3.21. The molecule has 0 saturated heterocycles. The van der Waals surface area contributed by atoms with Crippen molar-refractivity contribution in [1.82, 2.24) is 4.72 Å². The molecule has 0 amide bonds. The summed E-state index contributed by atoms with van der Waals surface area (Å²) in [4.78, 5) is 0.765. The van der Waals surface area contributed by atoms with Crippen LogP contribution in [0.2, 0.25) is 0 Å². The molecule has 96 valence electrons. The maximum atomic E-state index is 12.2. The van der Waals surface area contributed by atoms with Crippen LogP contribution in [0.4, 0.5) is 0 Å². The van der Waals surface area contributed by atoms with Gasteiger partial charge in [0.2, 0.25) is 10.0 Å². The number of aryl methyl sites for hydroxylation is 1. The van der Waals surface area contributed by atoms with Gasteiger partial charge in [-0.05, 0) is 29.7 Å². The van der Waals surface area contributed by atoms with Crippen LogP contribution in [0, 0.1) is 12.3 Å². The highest BCUT2D eigenvalue weighted by molar-refractivity contribution is 7.89. The van der Waals surface area contributed by atoms with E-state index < -0.39 is 10.0 Å². The van der Waals surface area contributed by atoms with Crippen LogP contribution in [0.1, 0.15) is 30.7 Å². The van der Waals surface area contributed by atoms with Crippen LogP contribution in [0.5, 0.6) is 0 Å². The van der Waals surface area contributed by atoms with Crippen molar-refractivity contribution in [3.05, 3.63) is 15.8 Å². The smallest absolute Gasteiger partial charge is 0.242 e. The maximum absolute atomic E-state index is 12.2. The minimum atomic E-state index is -3.50. The summed E-state index contributed by atoms with van der Waals surface area (Å²) in [5.41, 5.74) is 0.751. The Morgan fingerprint density at radius 3 is 2.65 bits per heavy atom. The first-order chi connectivity index (χ1) is 7.78. The van der Waals surface area contributed by atoms with Crippen molar-refractivity contribution in [2.24, 2.45) is 5.41 Å². The van der Waals surface area contributed by atoms with Gasteiger partial charge in [0.15, 0.2) is 0 Å². The van der Waals surface area contributed by atoms with Crippen LogP contribution in [0.15, 0.2) is 10.3 Å². The first kappa shape index (κ1) is 13.0. The number of sulfonamides is 1. The zero-order valence-electron chi connectivity index (χ0n) is 10.1.